The number of carboxylic acid groups (broad SMARTS) is 1. The largest absolute Gasteiger partial charge is 0.478 e. The summed E-state index contributed by atoms with van der Waals surface area (Å²) in [7, 11) is -2.99. The molecule has 0 unspecified atom stereocenters. The van der Waals surface area contributed by atoms with E-state index in [-0.39, 0.29) is 5.56 Å². The Kier molecular flexibility index (Phi) is 11.0. The highest BCUT2D eigenvalue weighted by molar-refractivity contribution is 6.84. The zero-order valence-electron chi connectivity index (χ0n) is 25.7. The first-order chi connectivity index (χ1) is 19.4. The van der Waals surface area contributed by atoms with Gasteiger partial charge in [-0.15, -0.1) is 11.1 Å². The summed E-state index contributed by atoms with van der Waals surface area (Å²) in [6.45, 7) is 15.5. The Morgan fingerprint density at radius 1 is 0.659 bits per heavy atom. The topological polar surface area (TPSA) is 37.3 Å². The Bertz CT molecular complexity index is 1450. The maximum absolute atomic E-state index is 12.7. The number of aromatic carboxylic acids is 1. The highest BCUT2D eigenvalue weighted by atomic mass is 28.3. The van der Waals surface area contributed by atoms with Gasteiger partial charge in [0, 0.05) is 23.1 Å². The van der Waals surface area contributed by atoms with Crippen LogP contribution in [0.1, 0.15) is 66.1 Å². The summed E-state index contributed by atoms with van der Waals surface area (Å²) in [5.74, 6) is 12.3. The number of hydrogen-bond donors (Lipinski definition) is 1. The molecule has 2 nitrogen and oxygen atoms in total. The zero-order chi connectivity index (χ0) is 30.0. The van der Waals surface area contributed by atoms with E-state index >= 15 is 0 Å². The van der Waals surface area contributed by atoms with Crippen molar-refractivity contribution in [2.45, 2.75) is 78.3 Å². The van der Waals surface area contributed by atoms with Gasteiger partial charge in [-0.25, -0.2) is 4.79 Å². The van der Waals surface area contributed by atoms with Crippen LogP contribution in [0.25, 0.3) is 22.3 Å². The number of rotatable bonds is 7. The second-order valence-corrected chi connectivity index (χ2v) is 22.0. The van der Waals surface area contributed by atoms with Gasteiger partial charge in [0.2, 0.25) is 0 Å². The smallest absolute Gasteiger partial charge is 0.336 e. The Labute approximate surface area is 249 Å². The van der Waals surface area contributed by atoms with Gasteiger partial charge < -0.3 is 5.11 Å². The Hall–Kier alpha value is -3.76. The summed E-state index contributed by atoms with van der Waals surface area (Å²) in [6, 6.07) is 19.6. The highest BCUT2D eigenvalue weighted by Gasteiger charge is 2.20. The second kappa shape index (κ2) is 14.2. The summed E-state index contributed by atoms with van der Waals surface area (Å²) in [4.78, 5) is 12.7. The van der Waals surface area contributed by atoms with Crippen molar-refractivity contribution < 1.29 is 9.90 Å². The average molecular weight is 575 g/mol. The molecule has 210 valence electrons. The maximum atomic E-state index is 12.7. The molecule has 0 atom stereocenters. The molecule has 0 radical (unpaired) electrons. The lowest BCUT2D eigenvalue weighted by Gasteiger charge is -2.14. The van der Waals surface area contributed by atoms with Crippen LogP contribution in [0.5, 0.6) is 0 Å². The van der Waals surface area contributed by atoms with Crippen LogP contribution < -0.4 is 0 Å². The first kappa shape index (κ1) is 31.8. The van der Waals surface area contributed by atoms with Gasteiger partial charge in [0.25, 0.3) is 0 Å². The minimum absolute atomic E-state index is 0.278. The zero-order valence-corrected chi connectivity index (χ0v) is 27.7. The van der Waals surface area contributed by atoms with Crippen LogP contribution in [-0.2, 0) is 0 Å². The van der Waals surface area contributed by atoms with E-state index in [0.717, 1.165) is 40.7 Å². The van der Waals surface area contributed by atoms with Gasteiger partial charge in [-0.2, -0.15) is 0 Å². The van der Waals surface area contributed by atoms with Gasteiger partial charge in [0.15, 0.2) is 0 Å². The van der Waals surface area contributed by atoms with Crippen molar-refractivity contribution in [1.82, 2.24) is 0 Å². The van der Waals surface area contributed by atoms with Gasteiger partial charge in [-0.3, -0.25) is 0 Å². The quantitative estimate of drug-likeness (QED) is 0.173. The molecule has 3 rings (SSSR count). The number of hydrogen-bond acceptors (Lipinski definition) is 1. The average Bonchev–Trinajstić information content (AvgIpc) is 2.92. The lowest BCUT2D eigenvalue weighted by Crippen LogP contribution is -2.16. The van der Waals surface area contributed by atoms with E-state index in [9.17, 15) is 9.90 Å². The van der Waals surface area contributed by atoms with Gasteiger partial charge in [0.1, 0.15) is 16.1 Å². The number of carbonyl (C=O) groups is 1. The molecule has 3 aromatic carbocycles. The van der Waals surface area contributed by atoms with Gasteiger partial charge in [-0.05, 0) is 65.1 Å². The predicted octanol–water partition coefficient (Wildman–Crippen LogP) is 9.50. The van der Waals surface area contributed by atoms with E-state index in [4.69, 9.17) is 0 Å². The SMILES string of the molecule is CCCCCCC#Cc1cc(-c2ccc(C#C[Si](C)(C)C)cc2)c(C(=O)O)c(-c2ccc(C#C[Si](C)(C)C)cc2)c1. The Morgan fingerprint density at radius 2 is 1.12 bits per heavy atom. The maximum Gasteiger partial charge on any atom is 0.336 e. The van der Waals surface area contributed by atoms with E-state index in [1.165, 1.54) is 19.3 Å². The van der Waals surface area contributed by atoms with Crippen LogP contribution in [0.4, 0.5) is 0 Å². The minimum atomic E-state index is -1.50. The fourth-order valence-electron chi connectivity index (χ4n) is 4.19. The summed E-state index contributed by atoms with van der Waals surface area (Å²) in [5, 5.41) is 10.4. The first-order valence-electron chi connectivity index (χ1n) is 14.5. The molecule has 0 saturated carbocycles. The van der Waals surface area contributed by atoms with Crippen molar-refractivity contribution in [3.8, 4) is 57.0 Å². The molecule has 0 spiro atoms. The molecule has 0 aromatic heterocycles. The lowest BCUT2D eigenvalue weighted by molar-refractivity contribution is 0.0698. The van der Waals surface area contributed by atoms with Crippen molar-refractivity contribution in [2.75, 3.05) is 0 Å². The molecule has 0 bridgehead atoms. The molecule has 3 aromatic rings. The molecular formula is C37H42O2Si2. The molecule has 0 saturated heterocycles. The van der Waals surface area contributed by atoms with Crippen LogP contribution in [0.2, 0.25) is 39.3 Å². The van der Waals surface area contributed by atoms with Crippen molar-refractivity contribution in [1.29, 1.82) is 0 Å². The van der Waals surface area contributed by atoms with Crippen LogP contribution in [0.15, 0.2) is 60.7 Å². The molecule has 41 heavy (non-hydrogen) atoms. The Morgan fingerprint density at radius 3 is 1.51 bits per heavy atom. The second-order valence-electron chi connectivity index (χ2n) is 12.5. The van der Waals surface area contributed by atoms with E-state index in [2.05, 4.69) is 81.0 Å². The van der Waals surface area contributed by atoms with E-state index < -0.39 is 22.1 Å². The van der Waals surface area contributed by atoms with Crippen LogP contribution in [0, 0.1) is 34.8 Å². The van der Waals surface area contributed by atoms with Gasteiger partial charge >= 0.3 is 5.97 Å². The van der Waals surface area contributed by atoms with Crippen LogP contribution in [0.3, 0.4) is 0 Å². The molecule has 0 amide bonds. The molecule has 4 heteroatoms. The third-order valence-corrected chi connectivity index (χ3v) is 8.05. The van der Waals surface area contributed by atoms with Crippen molar-refractivity contribution >= 4 is 22.1 Å². The van der Waals surface area contributed by atoms with Crippen molar-refractivity contribution in [3.63, 3.8) is 0 Å². The normalized spacial score (nSPS) is 10.9. The van der Waals surface area contributed by atoms with Gasteiger partial charge in [-0.1, -0.05) is 113 Å². The summed E-state index contributed by atoms with van der Waals surface area (Å²) >= 11 is 0. The fourth-order valence-corrected chi connectivity index (χ4v) is 5.23. The standard InChI is InChI=1S/C37H42O2Si2/c1-8-9-10-11-12-13-14-31-27-34(32-19-15-29(16-20-32)23-25-40(2,3)4)36(37(38)39)35(28-31)33-21-17-30(18-22-33)24-26-41(5,6)7/h15-22,27-28H,8-12H2,1-7H3,(H,38,39). The third-order valence-electron chi connectivity index (χ3n) is 6.30. The Balaban J connectivity index is 2.12. The molecule has 0 fully saturated rings. The number of unbranched alkanes of at least 4 members (excludes halogenated alkanes) is 4. The third kappa shape index (κ3) is 10.3. The molecule has 0 aliphatic carbocycles. The minimum Gasteiger partial charge on any atom is -0.478 e. The molecule has 0 heterocycles. The van der Waals surface area contributed by atoms with E-state index in [0.29, 0.717) is 11.1 Å². The molecule has 1 N–H and O–H groups in total. The lowest BCUT2D eigenvalue weighted by atomic mass is 9.89. The molecule has 0 aliphatic rings. The van der Waals surface area contributed by atoms with E-state index in [1.807, 2.05) is 60.7 Å². The monoisotopic (exact) mass is 574 g/mol. The molecule has 0 aliphatic heterocycles. The molecular weight excluding hydrogens is 533 g/mol. The number of carboxylic acids is 1. The first-order valence-corrected chi connectivity index (χ1v) is 21.5. The van der Waals surface area contributed by atoms with Gasteiger partial charge in [0.05, 0.1) is 5.56 Å². The van der Waals surface area contributed by atoms with Crippen LogP contribution in [-0.4, -0.2) is 27.2 Å². The number of benzene rings is 3. The highest BCUT2D eigenvalue weighted by Crippen LogP contribution is 2.34. The fraction of sp³-hybridized carbons (Fsp3) is 0.324. The summed E-state index contributed by atoms with van der Waals surface area (Å²) in [6.07, 6.45) is 5.51. The summed E-state index contributed by atoms with van der Waals surface area (Å²) < 4.78 is 0. The van der Waals surface area contributed by atoms with E-state index in [1.54, 1.807) is 0 Å². The van der Waals surface area contributed by atoms with Crippen molar-refractivity contribution in [2.24, 2.45) is 0 Å². The van der Waals surface area contributed by atoms with Crippen molar-refractivity contribution in [3.05, 3.63) is 82.9 Å². The summed E-state index contributed by atoms with van der Waals surface area (Å²) in [5.41, 5.74) is 12.8. The van der Waals surface area contributed by atoms with Crippen LogP contribution >= 0.6 is 0 Å². The predicted molar refractivity (Wildman–Crippen MR) is 180 cm³/mol.